The number of hydrogen-bond acceptors (Lipinski definition) is 6. The highest BCUT2D eigenvalue weighted by Crippen LogP contribution is 2.34. The Morgan fingerprint density at radius 2 is 1.93 bits per heavy atom. The number of hydrogen-bond donors (Lipinski definition) is 1. The van der Waals surface area contributed by atoms with Crippen LogP contribution in [0.4, 0.5) is 10.6 Å². The molecule has 3 rings (SSSR count). The highest BCUT2D eigenvalue weighted by Gasteiger charge is 2.48. The standard InChI is InChI=1S/C20H24BrClN4O4/c1-11-23-15-9-14(22)13(21)8-12(15)16(24-11)25-6-7-26(18(29)30-19(2,3)4)20(5,10-25)17(27)28/h8-9H,6-7,10H2,1-5H3,(H,27,28). The highest BCUT2D eigenvalue weighted by atomic mass is 79.9. The molecule has 0 radical (unpaired) electrons. The second-order valence-electron chi connectivity index (χ2n) is 8.51. The largest absolute Gasteiger partial charge is 0.479 e. The van der Waals surface area contributed by atoms with Crippen molar-refractivity contribution in [1.29, 1.82) is 0 Å². The van der Waals surface area contributed by atoms with E-state index in [1.54, 1.807) is 33.8 Å². The first-order valence-corrected chi connectivity index (χ1v) is 10.6. The Bertz CT molecular complexity index is 1030. The van der Waals surface area contributed by atoms with Gasteiger partial charge in [-0.05, 0) is 62.7 Å². The Morgan fingerprint density at radius 3 is 2.53 bits per heavy atom. The van der Waals surface area contributed by atoms with Gasteiger partial charge in [-0.25, -0.2) is 19.6 Å². The van der Waals surface area contributed by atoms with Crippen molar-refractivity contribution in [1.82, 2.24) is 14.9 Å². The molecule has 1 N–H and O–H groups in total. The van der Waals surface area contributed by atoms with E-state index in [0.29, 0.717) is 33.2 Å². The van der Waals surface area contributed by atoms with Crippen LogP contribution < -0.4 is 4.90 Å². The van der Waals surface area contributed by atoms with E-state index in [-0.39, 0.29) is 13.1 Å². The molecule has 1 aliphatic heterocycles. The number of anilines is 1. The number of amides is 1. The summed E-state index contributed by atoms with van der Waals surface area (Å²) < 4.78 is 6.13. The van der Waals surface area contributed by atoms with Gasteiger partial charge < -0.3 is 14.7 Å². The molecule has 0 aliphatic carbocycles. The van der Waals surface area contributed by atoms with E-state index in [0.717, 1.165) is 5.39 Å². The number of halogens is 2. The van der Waals surface area contributed by atoms with E-state index in [2.05, 4.69) is 25.9 Å². The summed E-state index contributed by atoms with van der Waals surface area (Å²) in [5, 5.41) is 11.3. The van der Waals surface area contributed by atoms with Crippen molar-refractivity contribution in [2.45, 2.75) is 45.8 Å². The van der Waals surface area contributed by atoms with Gasteiger partial charge in [-0.3, -0.25) is 4.90 Å². The molecule has 162 valence electrons. The average molecular weight is 500 g/mol. The predicted molar refractivity (Wildman–Crippen MR) is 118 cm³/mol. The number of benzene rings is 1. The van der Waals surface area contributed by atoms with E-state index in [1.165, 1.54) is 11.8 Å². The summed E-state index contributed by atoms with van der Waals surface area (Å²) in [5.74, 6) is 0.0334. The van der Waals surface area contributed by atoms with E-state index in [4.69, 9.17) is 16.3 Å². The molecule has 1 aromatic heterocycles. The fourth-order valence-corrected chi connectivity index (χ4v) is 3.94. The van der Waals surface area contributed by atoms with Gasteiger partial charge in [0.15, 0.2) is 5.54 Å². The fraction of sp³-hybridized carbons (Fsp3) is 0.500. The minimum absolute atomic E-state index is 0.0490. The molecule has 1 aliphatic rings. The van der Waals surface area contributed by atoms with Crippen LogP contribution in [0, 0.1) is 6.92 Å². The smallest absolute Gasteiger partial charge is 0.411 e. The maximum absolute atomic E-state index is 12.7. The molecule has 0 saturated carbocycles. The number of aromatic nitrogens is 2. The van der Waals surface area contributed by atoms with Gasteiger partial charge in [0.25, 0.3) is 0 Å². The van der Waals surface area contributed by atoms with Crippen LogP contribution in [0.2, 0.25) is 5.02 Å². The third-order valence-corrected chi connectivity index (χ3v) is 6.09. The molecule has 1 unspecified atom stereocenters. The Morgan fingerprint density at radius 1 is 1.27 bits per heavy atom. The molecule has 0 bridgehead atoms. The highest BCUT2D eigenvalue weighted by molar-refractivity contribution is 9.10. The maximum Gasteiger partial charge on any atom is 0.411 e. The summed E-state index contributed by atoms with van der Waals surface area (Å²) in [7, 11) is 0. The molecule has 1 fully saturated rings. The molecule has 10 heteroatoms. The summed E-state index contributed by atoms with van der Waals surface area (Å²) in [4.78, 5) is 37.1. The van der Waals surface area contributed by atoms with Crippen LogP contribution in [0.5, 0.6) is 0 Å². The Labute approximate surface area is 188 Å². The lowest BCUT2D eigenvalue weighted by Gasteiger charge is -2.46. The fourth-order valence-electron chi connectivity index (χ4n) is 3.44. The zero-order valence-electron chi connectivity index (χ0n) is 17.5. The predicted octanol–water partition coefficient (Wildman–Crippen LogP) is 4.25. The summed E-state index contributed by atoms with van der Waals surface area (Å²) in [6.07, 6.45) is -0.648. The Hall–Kier alpha value is -2.13. The SMILES string of the molecule is Cc1nc(N2CCN(C(=O)OC(C)(C)C)C(C)(C(=O)O)C2)c2cc(Br)c(Cl)cc2n1. The summed E-state index contributed by atoms with van der Waals surface area (Å²) in [6, 6.07) is 3.57. The molecular weight excluding hydrogens is 476 g/mol. The molecular formula is C20H24BrClN4O4. The van der Waals surface area contributed by atoms with Crippen LogP contribution in [0.15, 0.2) is 16.6 Å². The zero-order valence-corrected chi connectivity index (χ0v) is 19.8. The van der Waals surface area contributed by atoms with Crippen molar-refractivity contribution in [2.75, 3.05) is 24.5 Å². The number of carbonyl (C=O) groups excluding carboxylic acids is 1. The molecule has 2 heterocycles. The van der Waals surface area contributed by atoms with E-state index in [9.17, 15) is 14.7 Å². The Balaban J connectivity index is 2.02. The van der Waals surface area contributed by atoms with E-state index < -0.39 is 23.2 Å². The number of fused-ring (bicyclic) bond motifs is 1. The maximum atomic E-state index is 12.7. The van der Waals surface area contributed by atoms with Gasteiger partial charge >= 0.3 is 12.1 Å². The van der Waals surface area contributed by atoms with Crippen molar-refractivity contribution in [3.63, 3.8) is 0 Å². The van der Waals surface area contributed by atoms with Gasteiger partial charge in [0, 0.05) is 22.9 Å². The first kappa shape index (κ1) is 22.6. The van der Waals surface area contributed by atoms with E-state index >= 15 is 0 Å². The van der Waals surface area contributed by atoms with Crippen LogP contribution in [0.3, 0.4) is 0 Å². The monoisotopic (exact) mass is 498 g/mol. The first-order chi connectivity index (χ1) is 13.8. The number of aliphatic carboxylic acids is 1. The van der Waals surface area contributed by atoms with Gasteiger partial charge in [-0.1, -0.05) is 11.6 Å². The number of carboxylic acids is 1. The first-order valence-electron chi connectivity index (χ1n) is 9.44. The van der Waals surface area contributed by atoms with Gasteiger partial charge in [-0.15, -0.1) is 0 Å². The van der Waals surface area contributed by atoms with Crippen LogP contribution in [-0.2, 0) is 9.53 Å². The topological polar surface area (TPSA) is 95.9 Å². The van der Waals surface area contributed by atoms with Crippen LogP contribution in [0.1, 0.15) is 33.5 Å². The van der Waals surface area contributed by atoms with Crippen molar-refractivity contribution in [3.8, 4) is 0 Å². The molecule has 1 aromatic carbocycles. The zero-order chi connectivity index (χ0) is 22.4. The summed E-state index contributed by atoms with van der Waals surface area (Å²) in [5.41, 5.74) is -1.55. The van der Waals surface area contributed by atoms with Crippen LogP contribution >= 0.6 is 27.5 Å². The normalized spacial score (nSPS) is 19.8. The van der Waals surface area contributed by atoms with E-state index in [1.807, 2.05) is 11.0 Å². The van der Waals surface area contributed by atoms with Crippen LogP contribution in [-0.4, -0.2) is 62.8 Å². The van der Waals surface area contributed by atoms with Crippen molar-refractivity contribution >= 4 is 56.3 Å². The second kappa shape index (κ2) is 7.85. The van der Waals surface area contributed by atoms with Gasteiger partial charge in [0.2, 0.25) is 0 Å². The molecule has 30 heavy (non-hydrogen) atoms. The molecule has 1 saturated heterocycles. The minimum Gasteiger partial charge on any atom is -0.479 e. The quantitative estimate of drug-likeness (QED) is 0.660. The number of carboxylic acid groups (broad SMARTS) is 1. The number of aryl methyl sites for hydroxylation is 1. The number of nitrogens with zero attached hydrogens (tertiary/aromatic N) is 4. The third-order valence-electron chi connectivity index (χ3n) is 4.89. The van der Waals surface area contributed by atoms with Gasteiger partial charge in [-0.2, -0.15) is 0 Å². The lowest BCUT2D eigenvalue weighted by molar-refractivity contribution is -0.150. The molecule has 1 atom stereocenters. The summed E-state index contributed by atoms with van der Waals surface area (Å²) >= 11 is 9.64. The van der Waals surface area contributed by atoms with Crippen molar-refractivity contribution in [3.05, 3.63) is 27.5 Å². The third kappa shape index (κ3) is 4.32. The minimum atomic E-state index is -1.49. The molecule has 1 amide bonds. The van der Waals surface area contributed by atoms with Crippen LogP contribution in [0.25, 0.3) is 10.9 Å². The molecule has 0 spiro atoms. The molecule has 8 nitrogen and oxygen atoms in total. The number of carbonyl (C=O) groups is 2. The average Bonchev–Trinajstić information content (AvgIpc) is 2.60. The number of rotatable bonds is 2. The lowest BCUT2D eigenvalue weighted by atomic mass is 9.96. The van der Waals surface area contributed by atoms with Crippen molar-refractivity contribution in [2.24, 2.45) is 0 Å². The lowest BCUT2D eigenvalue weighted by Crippen LogP contribution is -2.67. The number of ether oxygens (including phenoxy) is 1. The van der Waals surface area contributed by atoms with Gasteiger partial charge in [0.1, 0.15) is 17.2 Å². The van der Waals surface area contributed by atoms with Gasteiger partial charge in [0.05, 0.1) is 17.1 Å². The second-order valence-corrected chi connectivity index (χ2v) is 9.77. The Kier molecular flexibility index (Phi) is 5.90. The number of piperazine rings is 1. The molecule has 2 aromatic rings. The summed E-state index contributed by atoms with van der Waals surface area (Å²) in [6.45, 7) is 9.16. The van der Waals surface area contributed by atoms with Crippen molar-refractivity contribution < 1.29 is 19.4 Å².